The van der Waals surface area contributed by atoms with E-state index in [0.29, 0.717) is 17.1 Å². The summed E-state index contributed by atoms with van der Waals surface area (Å²) in [6.07, 6.45) is 0. The first kappa shape index (κ1) is 23.4. The number of nitrogens with one attached hydrogen (secondary N) is 1. The van der Waals surface area contributed by atoms with Crippen LogP contribution in [0.1, 0.15) is 28.8 Å². The summed E-state index contributed by atoms with van der Waals surface area (Å²) < 4.78 is 16.2. The Bertz CT molecular complexity index is 1190. The molecule has 0 bridgehead atoms. The molecule has 2 aliphatic heterocycles. The number of β-lactam (4-membered cyclic amide) rings is 1. The summed E-state index contributed by atoms with van der Waals surface area (Å²) in [5, 5.41) is 11.6. The maximum absolute atomic E-state index is 12.7. The highest BCUT2D eigenvalue weighted by Gasteiger charge is 2.54. The van der Waals surface area contributed by atoms with E-state index in [2.05, 4.69) is 5.32 Å². The van der Waals surface area contributed by atoms with Gasteiger partial charge in [0.25, 0.3) is 11.8 Å². The monoisotopic (exact) mass is 486 g/mol. The summed E-state index contributed by atoms with van der Waals surface area (Å²) in [4.78, 5) is 49.3. The summed E-state index contributed by atoms with van der Waals surface area (Å²) in [5.41, 5.74) is 1.08. The van der Waals surface area contributed by atoms with E-state index in [1.807, 2.05) is 31.2 Å². The fraction of sp³-hybridized carbons (Fsp3) is 0.304. The van der Waals surface area contributed by atoms with E-state index < -0.39 is 35.2 Å². The molecule has 3 heterocycles. The number of ether oxygens (including phenoxy) is 2. The van der Waals surface area contributed by atoms with Crippen molar-refractivity contribution in [3.05, 3.63) is 64.8 Å². The molecule has 178 valence electrons. The van der Waals surface area contributed by atoms with Crippen molar-refractivity contribution in [2.75, 3.05) is 12.4 Å². The second-order valence-corrected chi connectivity index (χ2v) is 8.82. The molecule has 0 saturated carbocycles. The summed E-state index contributed by atoms with van der Waals surface area (Å²) >= 11 is 1.28. The molecule has 1 aromatic heterocycles. The van der Waals surface area contributed by atoms with Crippen molar-refractivity contribution < 1.29 is 38.2 Å². The fourth-order valence-corrected chi connectivity index (χ4v) is 4.97. The molecule has 2 atom stereocenters. The highest BCUT2D eigenvalue weighted by atomic mass is 32.2. The molecule has 2 aromatic rings. The first-order valence-electron chi connectivity index (χ1n) is 10.4. The van der Waals surface area contributed by atoms with Crippen LogP contribution in [0.4, 0.5) is 0 Å². The predicted molar refractivity (Wildman–Crippen MR) is 120 cm³/mol. The SMILES string of the molecule is CC(=O)OCC1=C(C(=O)O)N2C(=O)[C@H](NC(=O)c3ccc(COc4ccccc4C)o3)[C@@H]2SC1. The van der Waals surface area contributed by atoms with Crippen molar-refractivity contribution in [1.82, 2.24) is 10.2 Å². The molecule has 2 aliphatic rings. The van der Waals surface area contributed by atoms with E-state index in [0.717, 1.165) is 10.5 Å². The summed E-state index contributed by atoms with van der Waals surface area (Å²) in [7, 11) is 0. The number of carbonyl (C=O) groups is 4. The van der Waals surface area contributed by atoms with Crippen molar-refractivity contribution >= 4 is 35.5 Å². The molecule has 10 nitrogen and oxygen atoms in total. The molecule has 0 spiro atoms. The van der Waals surface area contributed by atoms with Crippen LogP contribution in [0.3, 0.4) is 0 Å². The molecule has 11 heteroatoms. The molecule has 1 saturated heterocycles. The van der Waals surface area contributed by atoms with Crippen LogP contribution in [0.5, 0.6) is 5.75 Å². The minimum absolute atomic E-state index is 0.0139. The van der Waals surface area contributed by atoms with Crippen molar-refractivity contribution in [2.24, 2.45) is 0 Å². The highest BCUT2D eigenvalue weighted by molar-refractivity contribution is 8.00. The van der Waals surface area contributed by atoms with Crippen molar-refractivity contribution in [2.45, 2.75) is 31.9 Å². The van der Waals surface area contributed by atoms with Crippen molar-refractivity contribution in [3.63, 3.8) is 0 Å². The number of para-hydroxylation sites is 1. The number of carboxylic acids is 1. The molecule has 4 rings (SSSR count). The van der Waals surface area contributed by atoms with Crippen LogP contribution in [-0.2, 0) is 25.7 Å². The third-order valence-electron chi connectivity index (χ3n) is 5.34. The molecule has 2 amide bonds. The van der Waals surface area contributed by atoms with Crippen LogP contribution >= 0.6 is 11.8 Å². The van der Waals surface area contributed by atoms with Crippen LogP contribution in [0.15, 0.2) is 52.1 Å². The fourth-order valence-electron chi connectivity index (χ4n) is 3.64. The standard InChI is InChI=1S/C23H22N2O8S/c1-12-5-3-4-6-16(12)32-10-15-7-8-17(33-15)20(27)24-18-21(28)25-19(23(29)30)14(9-31-13(2)26)11-34-22(18)25/h3-8,18,22H,9-11H2,1-2H3,(H,24,27)(H,29,30)/t18-,22-/m0/s1. The Hall–Kier alpha value is -3.73. The second kappa shape index (κ2) is 9.64. The van der Waals surface area contributed by atoms with Gasteiger partial charge in [0.05, 0.1) is 0 Å². The zero-order chi connectivity index (χ0) is 24.4. The lowest BCUT2D eigenvalue weighted by molar-refractivity contribution is -0.149. The third kappa shape index (κ3) is 4.65. The maximum atomic E-state index is 12.7. The molecule has 34 heavy (non-hydrogen) atoms. The molecule has 1 aromatic carbocycles. The number of esters is 1. The van der Waals surface area contributed by atoms with Crippen LogP contribution in [0.2, 0.25) is 0 Å². The number of nitrogens with zero attached hydrogens (tertiary/aromatic N) is 1. The van der Waals surface area contributed by atoms with Gasteiger partial charge in [-0.1, -0.05) is 18.2 Å². The quantitative estimate of drug-likeness (QED) is 0.425. The lowest BCUT2D eigenvalue weighted by Gasteiger charge is -2.49. The largest absolute Gasteiger partial charge is 0.485 e. The van der Waals surface area contributed by atoms with Gasteiger partial charge >= 0.3 is 11.9 Å². The molecule has 1 fully saturated rings. The number of carboxylic acid groups (broad SMARTS) is 1. The lowest BCUT2D eigenvalue weighted by Crippen LogP contribution is -2.70. The van der Waals surface area contributed by atoms with Gasteiger partial charge in [-0.3, -0.25) is 19.3 Å². The van der Waals surface area contributed by atoms with E-state index in [1.165, 1.54) is 24.8 Å². The number of aliphatic carboxylic acids is 1. The molecular formula is C23H22N2O8S. The predicted octanol–water partition coefficient (Wildman–Crippen LogP) is 2.08. The van der Waals surface area contributed by atoms with Crippen molar-refractivity contribution in [1.29, 1.82) is 0 Å². The van der Waals surface area contributed by atoms with Gasteiger partial charge in [0.1, 0.15) is 41.8 Å². The number of aryl methyl sites for hydroxylation is 1. The number of furan rings is 1. The summed E-state index contributed by atoms with van der Waals surface area (Å²) in [6, 6.07) is 9.71. The van der Waals surface area contributed by atoms with E-state index >= 15 is 0 Å². The van der Waals surface area contributed by atoms with Gasteiger partial charge in [0, 0.05) is 18.2 Å². The number of thioether (sulfide) groups is 1. The van der Waals surface area contributed by atoms with Gasteiger partial charge < -0.3 is 24.3 Å². The number of rotatable bonds is 8. The Labute approximate surface area is 198 Å². The van der Waals surface area contributed by atoms with Crippen LogP contribution in [-0.4, -0.2) is 57.5 Å². The number of hydrogen-bond acceptors (Lipinski definition) is 8. The van der Waals surface area contributed by atoms with Gasteiger partial charge in [0.2, 0.25) is 0 Å². The third-order valence-corrected chi connectivity index (χ3v) is 6.67. The van der Waals surface area contributed by atoms with Crippen molar-refractivity contribution in [3.8, 4) is 5.75 Å². The average molecular weight is 487 g/mol. The molecule has 0 radical (unpaired) electrons. The number of carbonyl (C=O) groups excluding carboxylic acids is 3. The number of hydrogen-bond donors (Lipinski definition) is 2. The van der Waals surface area contributed by atoms with Crippen LogP contribution < -0.4 is 10.1 Å². The first-order chi connectivity index (χ1) is 16.3. The minimum Gasteiger partial charge on any atom is -0.485 e. The van der Waals surface area contributed by atoms with E-state index in [9.17, 15) is 24.3 Å². The molecular weight excluding hydrogens is 464 g/mol. The van der Waals surface area contributed by atoms with Gasteiger partial charge in [-0.05, 0) is 30.7 Å². The van der Waals surface area contributed by atoms with Gasteiger partial charge in [0.15, 0.2) is 5.76 Å². The smallest absolute Gasteiger partial charge is 0.352 e. The average Bonchev–Trinajstić information content (AvgIpc) is 3.28. The Morgan fingerprint density at radius 1 is 1.21 bits per heavy atom. The zero-order valence-electron chi connectivity index (χ0n) is 18.4. The normalized spacial score (nSPS) is 19.2. The minimum atomic E-state index is -1.30. The van der Waals surface area contributed by atoms with E-state index in [-0.39, 0.29) is 30.4 Å². The Morgan fingerprint density at radius 3 is 2.68 bits per heavy atom. The van der Waals surface area contributed by atoms with Crippen LogP contribution in [0.25, 0.3) is 0 Å². The number of amides is 2. The van der Waals surface area contributed by atoms with Crippen LogP contribution in [0, 0.1) is 6.92 Å². The second-order valence-electron chi connectivity index (χ2n) is 7.72. The Balaban J connectivity index is 1.39. The number of fused-ring (bicyclic) bond motifs is 1. The highest BCUT2D eigenvalue weighted by Crippen LogP contribution is 2.40. The number of benzene rings is 1. The lowest BCUT2D eigenvalue weighted by atomic mass is 10.0. The zero-order valence-corrected chi connectivity index (χ0v) is 19.2. The summed E-state index contributed by atoms with van der Waals surface area (Å²) in [5.74, 6) is -1.59. The van der Waals surface area contributed by atoms with Gasteiger partial charge in [-0.25, -0.2) is 4.79 Å². The van der Waals surface area contributed by atoms with E-state index in [1.54, 1.807) is 6.07 Å². The Morgan fingerprint density at radius 2 is 1.97 bits per heavy atom. The molecule has 0 aliphatic carbocycles. The Kier molecular flexibility index (Phi) is 6.64. The molecule has 0 unspecified atom stereocenters. The van der Waals surface area contributed by atoms with Gasteiger partial charge in [-0.2, -0.15) is 0 Å². The first-order valence-corrected chi connectivity index (χ1v) is 11.4. The maximum Gasteiger partial charge on any atom is 0.352 e. The molecule has 2 N–H and O–H groups in total. The summed E-state index contributed by atoms with van der Waals surface area (Å²) in [6.45, 7) is 3.06. The van der Waals surface area contributed by atoms with E-state index in [4.69, 9.17) is 13.9 Å². The topological polar surface area (TPSA) is 135 Å². The van der Waals surface area contributed by atoms with Gasteiger partial charge in [-0.15, -0.1) is 11.8 Å².